The van der Waals surface area contributed by atoms with Gasteiger partial charge in [0.15, 0.2) is 11.2 Å². The molecule has 2 aromatic rings. The summed E-state index contributed by atoms with van der Waals surface area (Å²) < 4.78 is 5.89. The number of Topliss-reactive ketones (excluding diaryl/α,β-unsaturated/α-hetero) is 1. The lowest BCUT2D eigenvalue weighted by atomic mass is 9.72. The first-order chi connectivity index (χ1) is 17.8. The molecule has 3 atom stereocenters. The minimum atomic E-state index is -0.408. The van der Waals surface area contributed by atoms with Crippen LogP contribution in [0.4, 0.5) is 0 Å². The third kappa shape index (κ3) is 4.11. The number of likely N-dealkylation sites (tertiary alicyclic amines) is 1. The van der Waals surface area contributed by atoms with Gasteiger partial charge in [-0.25, -0.2) is 0 Å². The van der Waals surface area contributed by atoms with Crippen molar-refractivity contribution in [1.29, 1.82) is 0 Å². The number of hydrogen-bond acceptors (Lipinski definition) is 5. The molecule has 5 heteroatoms. The largest absolute Gasteiger partial charge is 0.463 e. The van der Waals surface area contributed by atoms with Crippen molar-refractivity contribution in [2.45, 2.75) is 32.1 Å². The van der Waals surface area contributed by atoms with Gasteiger partial charge in [0.25, 0.3) is 0 Å². The van der Waals surface area contributed by atoms with E-state index in [1.54, 1.807) is 6.26 Å². The molecule has 190 valence electrons. The van der Waals surface area contributed by atoms with Crippen molar-refractivity contribution in [1.82, 2.24) is 4.90 Å². The van der Waals surface area contributed by atoms with Gasteiger partial charge < -0.3 is 14.4 Å². The van der Waals surface area contributed by atoms with Crippen molar-refractivity contribution in [2.24, 2.45) is 17.3 Å². The van der Waals surface area contributed by atoms with Crippen LogP contribution in [0.3, 0.4) is 0 Å². The summed E-state index contributed by atoms with van der Waals surface area (Å²) in [6.45, 7) is 12.9. The minimum absolute atomic E-state index is 0.0479. The van der Waals surface area contributed by atoms with E-state index in [0.717, 1.165) is 54.6 Å². The number of allylic oxidation sites excluding steroid dienone is 8. The molecule has 1 aromatic heterocycles. The Morgan fingerprint density at radius 2 is 1.97 bits per heavy atom. The predicted octanol–water partition coefficient (Wildman–Crippen LogP) is 5.18. The Labute approximate surface area is 217 Å². The lowest BCUT2D eigenvalue weighted by Gasteiger charge is -2.38. The highest BCUT2D eigenvalue weighted by atomic mass is 16.3. The Balaban J connectivity index is 1.25. The van der Waals surface area contributed by atoms with Crippen LogP contribution in [-0.2, 0) is 4.79 Å². The van der Waals surface area contributed by atoms with Crippen molar-refractivity contribution >= 4 is 22.3 Å². The fraction of sp³-hybridized carbons (Fsp3) is 0.375. The zero-order chi connectivity index (χ0) is 25.9. The van der Waals surface area contributed by atoms with E-state index in [9.17, 15) is 14.7 Å². The van der Waals surface area contributed by atoms with Crippen LogP contribution in [0, 0.1) is 17.3 Å². The molecule has 0 bridgehead atoms. The molecule has 0 amide bonds. The van der Waals surface area contributed by atoms with Gasteiger partial charge in [0, 0.05) is 35.3 Å². The van der Waals surface area contributed by atoms with Crippen molar-refractivity contribution in [3.63, 3.8) is 0 Å². The number of fused-ring (bicyclic) bond motifs is 2. The standard InChI is InChI=1S/C32H33NO4/c1-19-14-24(19)21-6-7-29-27(16-21)30(35)28(18-37-29)26-15-22-4-5-23(17-25(22)20(26)2)31(36)32(3)8-10-33(11-9-32)12-13-34/h4-7,15-18,22,24-25,34H,1-2,8-14H2,3H3. The van der Waals surface area contributed by atoms with Gasteiger partial charge in [0.1, 0.15) is 11.8 Å². The van der Waals surface area contributed by atoms with E-state index >= 15 is 0 Å². The summed E-state index contributed by atoms with van der Waals surface area (Å²) >= 11 is 0. The Hall–Kier alpha value is -3.28. The van der Waals surface area contributed by atoms with Crippen molar-refractivity contribution in [3.8, 4) is 0 Å². The molecule has 6 rings (SSSR count). The SMILES string of the molecule is C=C1CC1c1ccc2occ(C3=CC4C=CC(C(=O)C5(C)CCN(CCO)CC5)=CC4C3=C)c(=O)c2c1. The van der Waals surface area contributed by atoms with Gasteiger partial charge in [-0.2, -0.15) is 0 Å². The molecule has 2 fully saturated rings. The highest BCUT2D eigenvalue weighted by molar-refractivity contribution is 6.03. The first-order valence-electron chi connectivity index (χ1n) is 13.2. The van der Waals surface area contributed by atoms with Gasteiger partial charge in [-0.05, 0) is 61.2 Å². The summed E-state index contributed by atoms with van der Waals surface area (Å²) in [5.41, 5.74) is 5.35. The Morgan fingerprint density at radius 3 is 2.68 bits per heavy atom. The zero-order valence-electron chi connectivity index (χ0n) is 21.3. The molecular formula is C32H33NO4. The van der Waals surface area contributed by atoms with Crippen LogP contribution in [-0.4, -0.2) is 42.0 Å². The molecule has 1 saturated carbocycles. The second kappa shape index (κ2) is 8.93. The molecule has 0 spiro atoms. The first-order valence-corrected chi connectivity index (χ1v) is 13.2. The predicted molar refractivity (Wildman–Crippen MR) is 146 cm³/mol. The smallest absolute Gasteiger partial charge is 0.200 e. The van der Waals surface area contributed by atoms with Gasteiger partial charge in [-0.1, -0.05) is 56.0 Å². The number of ketones is 1. The summed E-state index contributed by atoms with van der Waals surface area (Å²) in [5.74, 6) is 0.528. The molecule has 3 aliphatic carbocycles. The van der Waals surface area contributed by atoms with E-state index in [4.69, 9.17) is 4.42 Å². The third-order valence-corrected chi connectivity index (χ3v) is 8.85. The van der Waals surface area contributed by atoms with E-state index in [0.29, 0.717) is 29.0 Å². The monoisotopic (exact) mass is 495 g/mol. The van der Waals surface area contributed by atoms with Crippen LogP contribution in [0.2, 0.25) is 0 Å². The number of rotatable bonds is 6. The molecule has 5 nitrogen and oxygen atoms in total. The molecule has 1 N–H and O–H groups in total. The second-order valence-corrected chi connectivity index (χ2v) is 11.3. The topological polar surface area (TPSA) is 70.8 Å². The quantitative estimate of drug-likeness (QED) is 0.559. The van der Waals surface area contributed by atoms with Crippen LogP contribution in [0.1, 0.15) is 43.2 Å². The van der Waals surface area contributed by atoms with Crippen LogP contribution in [0.15, 0.2) is 87.9 Å². The highest BCUT2D eigenvalue weighted by Gasteiger charge is 2.40. The van der Waals surface area contributed by atoms with Crippen molar-refractivity contribution in [2.75, 3.05) is 26.2 Å². The molecule has 4 aliphatic rings. The van der Waals surface area contributed by atoms with Crippen LogP contribution in [0.25, 0.3) is 16.5 Å². The highest BCUT2D eigenvalue weighted by Crippen LogP contribution is 2.47. The maximum absolute atomic E-state index is 13.6. The summed E-state index contributed by atoms with van der Waals surface area (Å²) in [5, 5.41) is 9.81. The fourth-order valence-electron chi connectivity index (χ4n) is 6.18. The Bertz CT molecular complexity index is 1480. The number of carbonyl (C=O) groups excluding carboxylic acids is 1. The summed E-state index contributed by atoms with van der Waals surface area (Å²) in [4.78, 5) is 29.4. The number of benzene rings is 1. The van der Waals surface area contributed by atoms with E-state index in [-0.39, 0.29) is 29.7 Å². The lowest BCUT2D eigenvalue weighted by molar-refractivity contribution is -0.126. The molecule has 2 heterocycles. The van der Waals surface area contributed by atoms with E-state index in [1.807, 2.05) is 30.4 Å². The van der Waals surface area contributed by atoms with E-state index in [1.165, 1.54) is 5.57 Å². The van der Waals surface area contributed by atoms with Gasteiger partial charge in [-0.3, -0.25) is 9.59 Å². The number of piperidine rings is 1. The average molecular weight is 496 g/mol. The fourth-order valence-corrected chi connectivity index (χ4v) is 6.18. The van der Waals surface area contributed by atoms with E-state index in [2.05, 4.69) is 37.1 Å². The maximum atomic E-state index is 13.6. The van der Waals surface area contributed by atoms with Gasteiger partial charge >= 0.3 is 0 Å². The number of nitrogens with zero attached hydrogens (tertiary/aromatic N) is 1. The second-order valence-electron chi connectivity index (χ2n) is 11.3. The van der Waals surface area contributed by atoms with Crippen molar-refractivity contribution in [3.05, 3.63) is 100.0 Å². The average Bonchev–Trinajstić information content (AvgIpc) is 3.56. The van der Waals surface area contributed by atoms with Crippen molar-refractivity contribution < 1.29 is 14.3 Å². The Kier molecular flexibility index (Phi) is 5.81. The number of hydrogen-bond donors (Lipinski definition) is 1. The number of aliphatic hydroxyl groups excluding tert-OH is 1. The van der Waals surface area contributed by atoms with Gasteiger partial charge in [0.05, 0.1) is 17.6 Å². The minimum Gasteiger partial charge on any atom is -0.463 e. The number of β-amino-alcohol motifs (C(OH)–C–C–N with tert-alkyl or cyclic N) is 1. The van der Waals surface area contributed by atoms with Gasteiger partial charge in [-0.15, -0.1) is 0 Å². The molecule has 1 aromatic carbocycles. The Morgan fingerprint density at radius 1 is 1.22 bits per heavy atom. The normalized spacial score (nSPS) is 26.7. The number of aliphatic hydroxyl groups is 1. The summed E-state index contributed by atoms with van der Waals surface area (Å²) in [7, 11) is 0. The maximum Gasteiger partial charge on any atom is 0.200 e. The molecule has 1 aliphatic heterocycles. The third-order valence-electron chi connectivity index (χ3n) is 8.85. The summed E-state index contributed by atoms with van der Waals surface area (Å²) in [6.07, 6.45) is 12.2. The molecule has 0 radical (unpaired) electrons. The van der Waals surface area contributed by atoms with E-state index < -0.39 is 5.41 Å². The molecule has 3 unspecified atom stereocenters. The van der Waals surface area contributed by atoms with Crippen LogP contribution in [0.5, 0.6) is 0 Å². The molecule has 37 heavy (non-hydrogen) atoms. The molecule has 1 saturated heterocycles. The summed E-state index contributed by atoms with van der Waals surface area (Å²) in [6, 6.07) is 5.83. The zero-order valence-corrected chi connectivity index (χ0v) is 21.3. The lowest BCUT2D eigenvalue weighted by Crippen LogP contribution is -2.44. The first kappa shape index (κ1) is 24.1. The van der Waals surface area contributed by atoms with Crippen LogP contribution < -0.4 is 5.43 Å². The molecular weight excluding hydrogens is 462 g/mol. The van der Waals surface area contributed by atoms with Gasteiger partial charge in [0.2, 0.25) is 0 Å². The van der Waals surface area contributed by atoms with Crippen LogP contribution >= 0.6 is 0 Å². The number of carbonyl (C=O) groups is 1.